The number of halogens is 1. The zero-order chi connectivity index (χ0) is 19.2. The first kappa shape index (κ1) is 24.0. The fraction of sp³-hybridized carbons (Fsp3) is 0.773. The van der Waals surface area contributed by atoms with E-state index in [4.69, 9.17) is 0 Å². The van der Waals surface area contributed by atoms with Crippen molar-refractivity contribution in [3.63, 3.8) is 0 Å². The van der Waals surface area contributed by atoms with E-state index in [1.807, 2.05) is 13.8 Å². The summed E-state index contributed by atoms with van der Waals surface area (Å²) in [4.78, 5) is 6.66. The summed E-state index contributed by atoms with van der Waals surface area (Å²) >= 11 is 0. The van der Waals surface area contributed by atoms with Crippen molar-refractivity contribution < 1.29 is 4.39 Å². The smallest absolute Gasteiger partial charge is 0.141 e. The summed E-state index contributed by atoms with van der Waals surface area (Å²) < 4.78 is 12.4. The Kier molecular flexibility index (Phi) is 13.7. The van der Waals surface area contributed by atoms with Gasteiger partial charge in [-0.05, 0) is 62.6 Å². The molecule has 2 nitrogen and oxygen atoms in total. The predicted molar refractivity (Wildman–Crippen MR) is 109 cm³/mol. The first-order chi connectivity index (χ1) is 12.0. The van der Waals surface area contributed by atoms with E-state index in [-0.39, 0.29) is 5.82 Å². The van der Waals surface area contributed by atoms with Gasteiger partial charge in [-0.15, -0.1) is 0 Å². The maximum Gasteiger partial charge on any atom is 0.141 e. The summed E-state index contributed by atoms with van der Waals surface area (Å²) in [6, 6.07) is 4.08. The van der Waals surface area contributed by atoms with Crippen LogP contribution in [-0.4, -0.2) is 29.0 Å². The van der Waals surface area contributed by atoms with Gasteiger partial charge in [0, 0.05) is 18.3 Å². The minimum absolute atomic E-state index is 0.267. The van der Waals surface area contributed by atoms with Gasteiger partial charge < -0.3 is 4.90 Å². The summed E-state index contributed by atoms with van der Waals surface area (Å²) in [7, 11) is 0. The number of pyridine rings is 1. The fourth-order valence-electron chi connectivity index (χ4n) is 3.21. The normalized spacial score (nSPS) is 21.4. The fourth-order valence-corrected chi connectivity index (χ4v) is 3.21. The van der Waals surface area contributed by atoms with Crippen molar-refractivity contribution in [2.24, 2.45) is 5.92 Å². The zero-order valence-corrected chi connectivity index (χ0v) is 17.7. The van der Waals surface area contributed by atoms with Crippen LogP contribution in [0.25, 0.3) is 0 Å². The number of hydrogen-bond donors (Lipinski definition) is 0. The summed E-state index contributed by atoms with van der Waals surface area (Å²) in [6.07, 6.45) is 7.83. The Balaban J connectivity index is 0.000000421. The molecule has 0 saturated carbocycles. The van der Waals surface area contributed by atoms with Gasteiger partial charge in [-0.1, -0.05) is 48.5 Å². The van der Waals surface area contributed by atoms with Gasteiger partial charge in [0.1, 0.15) is 5.82 Å². The van der Waals surface area contributed by atoms with E-state index in [1.54, 1.807) is 6.07 Å². The van der Waals surface area contributed by atoms with Crippen molar-refractivity contribution in [3.8, 4) is 0 Å². The Hall–Kier alpha value is -0.960. The zero-order valence-electron chi connectivity index (χ0n) is 17.7. The second kappa shape index (κ2) is 14.2. The van der Waals surface area contributed by atoms with Gasteiger partial charge in [0.2, 0.25) is 0 Å². The lowest BCUT2D eigenvalue weighted by Crippen LogP contribution is -2.42. The molecule has 2 rings (SSSR count). The van der Waals surface area contributed by atoms with E-state index in [2.05, 4.69) is 44.5 Å². The van der Waals surface area contributed by atoms with Crippen molar-refractivity contribution in [1.82, 2.24) is 9.88 Å². The Bertz CT molecular complexity index is 419. The van der Waals surface area contributed by atoms with Crippen LogP contribution in [0.5, 0.6) is 0 Å². The molecule has 1 fully saturated rings. The van der Waals surface area contributed by atoms with Gasteiger partial charge >= 0.3 is 0 Å². The highest BCUT2D eigenvalue weighted by Crippen LogP contribution is 2.23. The van der Waals surface area contributed by atoms with Crippen molar-refractivity contribution in [1.29, 1.82) is 0 Å². The molecule has 0 bridgehead atoms. The maximum absolute atomic E-state index is 12.4. The quantitative estimate of drug-likeness (QED) is 0.588. The number of likely N-dealkylation sites (tertiary alicyclic amines) is 1. The number of nitrogens with zero attached hydrogens (tertiary/aromatic N) is 2. The van der Waals surface area contributed by atoms with Gasteiger partial charge in [0.05, 0.1) is 6.20 Å². The largest absolute Gasteiger partial charge is 0.300 e. The molecular weight excluding hydrogens is 311 g/mol. The summed E-state index contributed by atoms with van der Waals surface area (Å²) in [5.74, 6) is 1.09. The molecule has 1 aromatic rings. The van der Waals surface area contributed by atoms with Crippen LogP contribution in [0.2, 0.25) is 0 Å². The van der Waals surface area contributed by atoms with Crippen molar-refractivity contribution in [2.75, 3.05) is 13.1 Å². The topological polar surface area (TPSA) is 16.1 Å². The first-order valence-corrected chi connectivity index (χ1v) is 10.4. The van der Waals surface area contributed by atoms with Crippen LogP contribution in [0.1, 0.15) is 92.2 Å². The van der Waals surface area contributed by atoms with Crippen LogP contribution < -0.4 is 0 Å². The highest BCUT2D eigenvalue weighted by atomic mass is 19.1. The lowest BCUT2D eigenvalue weighted by molar-refractivity contribution is 0.111. The van der Waals surface area contributed by atoms with Gasteiger partial charge in [-0.2, -0.15) is 0 Å². The molecule has 0 radical (unpaired) electrons. The third kappa shape index (κ3) is 9.34. The summed E-state index contributed by atoms with van der Waals surface area (Å²) in [6.45, 7) is 17.8. The predicted octanol–water partition coefficient (Wildman–Crippen LogP) is 6.67. The molecule has 25 heavy (non-hydrogen) atoms. The van der Waals surface area contributed by atoms with Crippen molar-refractivity contribution in [2.45, 2.75) is 92.5 Å². The summed E-state index contributed by atoms with van der Waals surface area (Å²) in [5, 5.41) is 0. The molecule has 1 saturated heterocycles. The SMILES string of the molecule is CC.CCC(C)c1ccc(F)cn1.CCCN1CC(C)CCC1CC. The maximum atomic E-state index is 12.4. The van der Waals surface area contributed by atoms with Crippen molar-refractivity contribution in [3.05, 3.63) is 29.8 Å². The molecule has 3 unspecified atom stereocenters. The molecule has 1 aliphatic heterocycles. The number of rotatable bonds is 5. The lowest BCUT2D eigenvalue weighted by Gasteiger charge is -2.38. The third-order valence-corrected chi connectivity index (χ3v) is 4.90. The monoisotopic (exact) mass is 352 g/mol. The van der Waals surface area contributed by atoms with Crippen LogP contribution in [0, 0.1) is 11.7 Å². The Morgan fingerprint density at radius 3 is 2.36 bits per heavy atom. The van der Waals surface area contributed by atoms with Gasteiger partial charge in [-0.25, -0.2) is 4.39 Å². The molecule has 2 heterocycles. The average molecular weight is 353 g/mol. The van der Waals surface area contributed by atoms with Gasteiger partial charge in [0.25, 0.3) is 0 Å². The molecule has 0 spiro atoms. The van der Waals surface area contributed by atoms with Crippen LogP contribution in [0.3, 0.4) is 0 Å². The van der Waals surface area contributed by atoms with E-state index < -0.39 is 0 Å². The molecule has 1 aliphatic rings. The van der Waals surface area contributed by atoms with E-state index in [0.717, 1.165) is 24.1 Å². The molecular formula is C22H41FN2. The first-order valence-electron chi connectivity index (χ1n) is 10.4. The van der Waals surface area contributed by atoms with E-state index >= 15 is 0 Å². The molecule has 0 aliphatic carbocycles. The van der Waals surface area contributed by atoms with Gasteiger partial charge in [0.15, 0.2) is 0 Å². The average Bonchev–Trinajstić information content (AvgIpc) is 2.64. The van der Waals surface area contributed by atoms with E-state index in [9.17, 15) is 4.39 Å². The van der Waals surface area contributed by atoms with Crippen LogP contribution in [0.4, 0.5) is 4.39 Å². The number of hydrogen-bond acceptors (Lipinski definition) is 2. The van der Waals surface area contributed by atoms with Crippen LogP contribution >= 0.6 is 0 Å². The molecule has 0 N–H and O–H groups in total. The van der Waals surface area contributed by atoms with E-state index in [0.29, 0.717) is 5.92 Å². The molecule has 1 aromatic heterocycles. The Labute approximate surface area is 156 Å². The molecule has 146 valence electrons. The Morgan fingerprint density at radius 2 is 1.88 bits per heavy atom. The molecule has 3 atom stereocenters. The number of aromatic nitrogens is 1. The minimum atomic E-state index is -0.267. The second-order valence-electron chi connectivity index (χ2n) is 6.95. The number of piperidine rings is 1. The van der Waals surface area contributed by atoms with E-state index in [1.165, 1.54) is 51.0 Å². The highest BCUT2D eigenvalue weighted by Gasteiger charge is 2.23. The molecule has 3 heteroatoms. The second-order valence-corrected chi connectivity index (χ2v) is 6.95. The lowest BCUT2D eigenvalue weighted by atomic mass is 9.93. The minimum Gasteiger partial charge on any atom is -0.300 e. The van der Waals surface area contributed by atoms with Gasteiger partial charge in [-0.3, -0.25) is 4.98 Å². The third-order valence-electron chi connectivity index (χ3n) is 4.90. The standard InChI is InChI=1S/C11H23N.C9H12FN.C2H6/c1-4-8-12-9-10(3)6-7-11(12)5-2;1-3-7(2)9-5-4-8(10)6-11-9;1-2/h10-11H,4-9H2,1-3H3;4-7H,3H2,1-2H3;1-2H3. The molecule has 0 amide bonds. The van der Waals surface area contributed by atoms with Crippen molar-refractivity contribution >= 4 is 0 Å². The van der Waals surface area contributed by atoms with Crippen LogP contribution in [-0.2, 0) is 0 Å². The Morgan fingerprint density at radius 1 is 1.20 bits per heavy atom. The summed E-state index contributed by atoms with van der Waals surface area (Å²) in [5.41, 5.74) is 0.967. The van der Waals surface area contributed by atoms with Crippen LogP contribution in [0.15, 0.2) is 18.3 Å². The molecule has 0 aromatic carbocycles. The highest BCUT2D eigenvalue weighted by molar-refractivity contribution is 5.09.